The molecule has 0 heterocycles. The molecule has 0 aromatic heterocycles. The highest BCUT2D eigenvalue weighted by atomic mass is 35.5. The average Bonchev–Trinajstić information content (AvgIpc) is 3.12. The lowest BCUT2D eigenvalue weighted by Gasteiger charge is -2.17. The lowest BCUT2D eigenvalue weighted by Crippen LogP contribution is -2.30. The standard InChI is InChI=1S/C11H12ClF2NO2S/c1-15(7-2-3-7)18(16,17)10-5-4-9(13)8(6-12)11(10)14/h4-5,7H,2-3,6H2,1H3. The van der Waals surface area contributed by atoms with Gasteiger partial charge >= 0.3 is 0 Å². The molecule has 0 aliphatic heterocycles. The molecule has 1 fully saturated rings. The van der Waals surface area contributed by atoms with Gasteiger partial charge in [-0.2, -0.15) is 4.31 Å². The van der Waals surface area contributed by atoms with Gasteiger partial charge in [-0.05, 0) is 25.0 Å². The van der Waals surface area contributed by atoms with Crippen LogP contribution in [0.1, 0.15) is 18.4 Å². The van der Waals surface area contributed by atoms with Gasteiger partial charge in [-0.25, -0.2) is 17.2 Å². The fraction of sp³-hybridized carbons (Fsp3) is 0.455. The van der Waals surface area contributed by atoms with Crippen molar-refractivity contribution in [1.29, 1.82) is 0 Å². The fourth-order valence-electron chi connectivity index (χ4n) is 1.69. The van der Waals surface area contributed by atoms with Crippen LogP contribution in [-0.4, -0.2) is 25.8 Å². The summed E-state index contributed by atoms with van der Waals surface area (Å²) in [5.74, 6) is -2.35. The zero-order chi connectivity index (χ0) is 13.5. The van der Waals surface area contributed by atoms with Gasteiger partial charge in [0.1, 0.15) is 10.7 Å². The second-order valence-corrected chi connectivity index (χ2v) is 6.46. The lowest BCUT2D eigenvalue weighted by atomic mass is 10.2. The summed E-state index contributed by atoms with van der Waals surface area (Å²) in [6, 6.07) is 1.78. The van der Waals surface area contributed by atoms with E-state index in [0.29, 0.717) is 0 Å². The normalized spacial score (nSPS) is 16.3. The van der Waals surface area contributed by atoms with Crippen molar-refractivity contribution in [2.45, 2.75) is 29.7 Å². The molecule has 1 saturated carbocycles. The molecule has 1 aliphatic carbocycles. The van der Waals surface area contributed by atoms with Crippen molar-refractivity contribution in [2.75, 3.05) is 7.05 Å². The molecule has 3 nitrogen and oxygen atoms in total. The Labute approximate surface area is 109 Å². The Kier molecular flexibility index (Phi) is 3.62. The molecule has 0 spiro atoms. The summed E-state index contributed by atoms with van der Waals surface area (Å²) in [6.07, 6.45) is 1.53. The summed E-state index contributed by atoms with van der Waals surface area (Å²) in [4.78, 5) is -0.519. The van der Waals surface area contributed by atoms with E-state index >= 15 is 0 Å². The van der Waals surface area contributed by atoms with Crippen LogP contribution < -0.4 is 0 Å². The van der Waals surface area contributed by atoms with Crippen molar-refractivity contribution in [1.82, 2.24) is 4.31 Å². The Morgan fingerprint density at radius 3 is 2.50 bits per heavy atom. The lowest BCUT2D eigenvalue weighted by molar-refractivity contribution is 0.455. The highest BCUT2D eigenvalue weighted by Crippen LogP contribution is 2.32. The van der Waals surface area contributed by atoms with Crippen molar-refractivity contribution in [3.8, 4) is 0 Å². The van der Waals surface area contributed by atoms with Crippen LogP contribution in [0.2, 0.25) is 0 Å². The minimum atomic E-state index is -3.92. The summed E-state index contributed by atoms with van der Waals surface area (Å²) in [5, 5.41) is 0. The van der Waals surface area contributed by atoms with E-state index in [0.717, 1.165) is 29.3 Å². The fourth-order valence-corrected chi connectivity index (χ4v) is 3.44. The zero-order valence-electron chi connectivity index (χ0n) is 9.66. The largest absolute Gasteiger partial charge is 0.245 e. The van der Waals surface area contributed by atoms with Crippen LogP contribution in [0.3, 0.4) is 0 Å². The van der Waals surface area contributed by atoms with Crippen LogP contribution >= 0.6 is 11.6 Å². The number of hydrogen-bond donors (Lipinski definition) is 0. The first kappa shape index (κ1) is 13.7. The first-order valence-corrected chi connectivity index (χ1v) is 7.38. The summed E-state index contributed by atoms with van der Waals surface area (Å²) >= 11 is 5.43. The summed E-state index contributed by atoms with van der Waals surface area (Å²) in [6.45, 7) is 0. The first-order valence-electron chi connectivity index (χ1n) is 5.40. The second kappa shape index (κ2) is 4.75. The SMILES string of the molecule is CN(C1CC1)S(=O)(=O)c1ccc(F)c(CCl)c1F. The third kappa shape index (κ3) is 2.24. The number of alkyl halides is 1. The number of hydrogen-bond acceptors (Lipinski definition) is 2. The number of rotatable bonds is 4. The summed E-state index contributed by atoms with van der Waals surface area (Å²) in [7, 11) is -2.52. The Morgan fingerprint density at radius 1 is 1.39 bits per heavy atom. The molecule has 2 rings (SSSR count). The third-order valence-corrected chi connectivity index (χ3v) is 5.20. The molecular weight excluding hydrogens is 284 g/mol. The van der Waals surface area contributed by atoms with Crippen LogP contribution in [0, 0.1) is 11.6 Å². The number of sulfonamides is 1. The third-order valence-electron chi connectivity index (χ3n) is 3.00. The van der Waals surface area contributed by atoms with Crippen LogP contribution in [0.5, 0.6) is 0 Å². The van der Waals surface area contributed by atoms with Gasteiger partial charge in [-0.1, -0.05) is 0 Å². The van der Waals surface area contributed by atoms with Gasteiger partial charge < -0.3 is 0 Å². The van der Waals surface area contributed by atoms with Crippen molar-refractivity contribution in [3.05, 3.63) is 29.3 Å². The molecule has 0 atom stereocenters. The molecule has 18 heavy (non-hydrogen) atoms. The monoisotopic (exact) mass is 295 g/mol. The number of halogens is 3. The number of nitrogens with zero attached hydrogens (tertiary/aromatic N) is 1. The highest BCUT2D eigenvalue weighted by Gasteiger charge is 2.37. The molecular formula is C11H12ClF2NO2S. The Hall–Kier alpha value is -0.720. The van der Waals surface area contributed by atoms with E-state index < -0.39 is 38.0 Å². The molecule has 1 aliphatic rings. The van der Waals surface area contributed by atoms with Gasteiger partial charge in [0.2, 0.25) is 10.0 Å². The molecule has 7 heteroatoms. The molecule has 0 bridgehead atoms. The molecule has 0 saturated heterocycles. The van der Waals surface area contributed by atoms with Crippen molar-refractivity contribution < 1.29 is 17.2 Å². The molecule has 100 valence electrons. The molecule has 0 N–H and O–H groups in total. The van der Waals surface area contributed by atoms with E-state index in [1.54, 1.807) is 0 Å². The van der Waals surface area contributed by atoms with Gasteiger partial charge in [0.25, 0.3) is 0 Å². The van der Waals surface area contributed by atoms with Gasteiger partial charge in [0, 0.05) is 18.7 Å². The Morgan fingerprint density at radius 2 is 2.00 bits per heavy atom. The van der Waals surface area contributed by atoms with Crippen LogP contribution in [-0.2, 0) is 15.9 Å². The topological polar surface area (TPSA) is 37.4 Å². The van der Waals surface area contributed by atoms with Gasteiger partial charge in [0.05, 0.1) is 5.88 Å². The number of benzene rings is 1. The zero-order valence-corrected chi connectivity index (χ0v) is 11.2. The smallest absolute Gasteiger partial charge is 0.207 e. The molecule has 0 radical (unpaired) electrons. The van der Waals surface area contributed by atoms with Crippen molar-refractivity contribution in [3.63, 3.8) is 0 Å². The minimum absolute atomic E-state index is 0.0843. The van der Waals surface area contributed by atoms with E-state index in [-0.39, 0.29) is 6.04 Å². The molecule has 1 aromatic rings. The van der Waals surface area contributed by atoms with E-state index in [4.69, 9.17) is 11.6 Å². The van der Waals surface area contributed by atoms with E-state index in [2.05, 4.69) is 0 Å². The van der Waals surface area contributed by atoms with Crippen molar-refractivity contribution in [2.24, 2.45) is 0 Å². The van der Waals surface area contributed by atoms with Crippen LogP contribution in [0.15, 0.2) is 17.0 Å². The summed E-state index contributed by atoms with van der Waals surface area (Å²) in [5.41, 5.74) is -0.415. The van der Waals surface area contributed by atoms with Gasteiger partial charge in [-0.15, -0.1) is 11.6 Å². The van der Waals surface area contributed by atoms with E-state index in [9.17, 15) is 17.2 Å². The maximum Gasteiger partial charge on any atom is 0.245 e. The molecule has 0 amide bonds. The minimum Gasteiger partial charge on any atom is -0.207 e. The van der Waals surface area contributed by atoms with Crippen molar-refractivity contribution >= 4 is 21.6 Å². The Balaban J connectivity index is 2.51. The maximum atomic E-state index is 13.9. The predicted molar refractivity (Wildman–Crippen MR) is 63.9 cm³/mol. The summed E-state index contributed by atoms with van der Waals surface area (Å²) < 4.78 is 52.6. The molecule has 0 unspecified atom stereocenters. The van der Waals surface area contributed by atoms with Crippen LogP contribution in [0.25, 0.3) is 0 Å². The predicted octanol–water partition coefficient (Wildman–Crippen LogP) is 2.49. The molecule has 1 aromatic carbocycles. The van der Waals surface area contributed by atoms with E-state index in [1.165, 1.54) is 7.05 Å². The second-order valence-electron chi connectivity index (χ2n) is 4.22. The van der Waals surface area contributed by atoms with Gasteiger partial charge in [0.15, 0.2) is 5.82 Å². The quantitative estimate of drug-likeness (QED) is 0.800. The first-order chi connectivity index (χ1) is 8.39. The van der Waals surface area contributed by atoms with Crippen LogP contribution in [0.4, 0.5) is 8.78 Å². The average molecular weight is 296 g/mol. The van der Waals surface area contributed by atoms with Gasteiger partial charge in [-0.3, -0.25) is 0 Å². The van der Waals surface area contributed by atoms with E-state index in [1.807, 2.05) is 0 Å². The Bertz CT molecular complexity index is 573. The maximum absolute atomic E-state index is 13.9. The highest BCUT2D eigenvalue weighted by molar-refractivity contribution is 7.89.